The summed E-state index contributed by atoms with van der Waals surface area (Å²) in [5.74, 6) is 2.91. The van der Waals surface area contributed by atoms with E-state index in [4.69, 9.17) is 11.5 Å². The van der Waals surface area contributed by atoms with Gasteiger partial charge in [0.15, 0.2) is 0 Å². The van der Waals surface area contributed by atoms with Crippen molar-refractivity contribution in [2.24, 2.45) is 11.3 Å². The lowest BCUT2D eigenvalue weighted by molar-refractivity contribution is -0.127. The number of nitrogens with zero attached hydrogens (tertiary/aromatic N) is 1. The summed E-state index contributed by atoms with van der Waals surface area (Å²) in [5.41, 5.74) is -0.0473. The largest absolute Gasteiger partial charge is 0.396 e. The molecule has 0 aliphatic carbocycles. The molecule has 1 amide bonds. The quantitative estimate of drug-likeness (QED) is 0.713. The zero-order valence-electron chi connectivity index (χ0n) is 10.2. The topological polar surface area (TPSA) is 40.5 Å². The highest BCUT2D eigenvalue weighted by Crippen LogP contribution is 2.23. The lowest BCUT2D eigenvalue weighted by Gasteiger charge is -2.23. The highest BCUT2D eigenvalue weighted by Gasteiger charge is 2.28. The Balaban J connectivity index is 2.29. The zero-order chi connectivity index (χ0) is 12.2. The third-order valence-electron chi connectivity index (χ3n) is 3.16. The molecule has 1 aliphatic rings. The summed E-state index contributed by atoms with van der Waals surface area (Å²) >= 11 is 0. The summed E-state index contributed by atoms with van der Waals surface area (Å²) in [6, 6.07) is 0. The number of amides is 1. The van der Waals surface area contributed by atoms with Gasteiger partial charge in [-0.25, -0.2) is 0 Å². The van der Waals surface area contributed by atoms with Gasteiger partial charge in [0.1, 0.15) is 0 Å². The average Bonchev–Trinajstić information content (AvgIpc) is 2.60. The molecule has 1 unspecified atom stereocenters. The molecule has 1 aliphatic heterocycles. The molecule has 1 heterocycles. The van der Waals surface area contributed by atoms with Gasteiger partial charge < -0.3 is 10.0 Å². The summed E-state index contributed by atoms with van der Waals surface area (Å²) in [7, 11) is 0. The average molecular weight is 223 g/mol. The molecular weight excluding hydrogens is 202 g/mol. The molecule has 1 N–H and O–H groups in total. The summed E-state index contributed by atoms with van der Waals surface area (Å²) in [5, 5.41) is 9.11. The lowest BCUT2D eigenvalue weighted by atomic mass is 9.89. The van der Waals surface area contributed by atoms with Crippen molar-refractivity contribution in [2.45, 2.75) is 33.1 Å². The van der Waals surface area contributed by atoms with E-state index in [9.17, 15) is 4.79 Å². The molecule has 16 heavy (non-hydrogen) atoms. The first-order valence-electron chi connectivity index (χ1n) is 5.83. The molecule has 0 aromatic rings. The Kier molecular flexibility index (Phi) is 4.37. The van der Waals surface area contributed by atoms with Crippen LogP contribution in [0.3, 0.4) is 0 Å². The maximum absolute atomic E-state index is 11.5. The zero-order valence-corrected chi connectivity index (χ0v) is 10.2. The molecule has 0 aromatic carbocycles. The number of carbonyl (C=O) groups is 1. The number of terminal acetylenes is 1. The molecule has 3 nitrogen and oxygen atoms in total. The second kappa shape index (κ2) is 5.36. The van der Waals surface area contributed by atoms with Gasteiger partial charge in [-0.1, -0.05) is 13.8 Å². The van der Waals surface area contributed by atoms with Gasteiger partial charge in [-0.15, -0.1) is 12.3 Å². The first-order valence-corrected chi connectivity index (χ1v) is 5.83. The minimum Gasteiger partial charge on any atom is -0.396 e. The molecule has 1 atom stereocenters. The molecule has 90 valence electrons. The van der Waals surface area contributed by atoms with Crippen LogP contribution in [0, 0.1) is 23.7 Å². The summed E-state index contributed by atoms with van der Waals surface area (Å²) in [4.78, 5) is 13.4. The van der Waals surface area contributed by atoms with Crippen molar-refractivity contribution in [1.82, 2.24) is 4.90 Å². The van der Waals surface area contributed by atoms with Crippen LogP contribution in [0.4, 0.5) is 0 Å². The fourth-order valence-electron chi connectivity index (χ4n) is 1.93. The van der Waals surface area contributed by atoms with Gasteiger partial charge in [0.05, 0.1) is 0 Å². The van der Waals surface area contributed by atoms with E-state index in [-0.39, 0.29) is 23.8 Å². The van der Waals surface area contributed by atoms with E-state index >= 15 is 0 Å². The SMILES string of the molecule is C#CC1CC(=O)N(CCCC(C)(C)CO)C1. The van der Waals surface area contributed by atoms with E-state index in [0.29, 0.717) is 13.0 Å². The number of rotatable bonds is 5. The molecule has 0 radical (unpaired) electrons. The Hall–Kier alpha value is -1.01. The standard InChI is InChI=1S/C13H21NO2/c1-4-11-8-12(16)14(9-11)7-5-6-13(2,3)10-15/h1,11,15H,5-10H2,2-3H3. The highest BCUT2D eigenvalue weighted by molar-refractivity contribution is 5.79. The van der Waals surface area contributed by atoms with Crippen LogP contribution in [-0.2, 0) is 4.79 Å². The molecule has 3 heteroatoms. The van der Waals surface area contributed by atoms with Crippen molar-refractivity contribution < 1.29 is 9.90 Å². The van der Waals surface area contributed by atoms with Crippen LogP contribution < -0.4 is 0 Å². The van der Waals surface area contributed by atoms with Crippen LogP contribution in [0.1, 0.15) is 33.1 Å². The van der Waals surface area contributed by atoms with E-state index < -0.39 is 0 Å². The normalized spacial score (nSPS) is 21.2. The molecule has 0 saturated carbocycles. The second-order valence-corrected chi connectivity index (χ2v) is 5.33. The van der Waals surface area contributed by atoms with Crippen LogP contribution in [0.5, 0.6) is 0 Å². The molecular formula is C13H21NO2. The highest BCUT2D eigenvalue weighted by atomic mass is 16.3. The van der Waals surface area contributed by atoms with Crippen molar-refractivity contribution in [3.05, 3.63) is 0 Å². The van der Waals surface area contributed by atoms with Crippen molar-refractivity contribution in [3.63, 3.8) is 0 Å². The number of hydrogen-bond donors (Lipinski definition) is 1. The number of aliphatic hydroxyl groups is 1. The fraction of sp³-hybridized carbons (Fsp3) is 0.769. The Morgan fingerprint density at radius 2 is 2.31 bits per heavy atom. The molecule has 1 rings (SSSR count). The smallest absolute Gasteiger partial charge is 0.223 e. The lowest BCUT2D eigenvalue weighted by Crippen LogP contribution is -2.28. The maximum Gasteiger partial charge on any atom is 0.223 e. The number of carbonyl (C=O) groups excluding carboxylic acids is 1. The first kappa shape index (κ1) is 13.1. The Morgan fingerprint density at radius 1 is 1.62 bits per heavy atom. The van der Waals surface area contributed by atoms with E-state index in [1.165, 1.54) is 0 Å². The molecule has 1 fully saturated rings. The van der Waals surface area contributed by atoms with Crippen LogP contribution in [-0.4, -0.2) is 35.6 Å². The van der Waals surface area contributed by atoms with Crippen LogP contribution in [0.25, 0.3) is 0 Å². The number of hydrogen-bond acceptors (Lipinski definition) is 2. The van der Waals surface area contributed by atoms with E-state index in [1.54, 1.807) is 0 Å². The van der Waals surface area contributed by atoms with Gasteiger partial charge >= 0.3 is 0 Å². The predicted octanol–water partition coefficient (Wildman–Crippen LogP) is 1.27. The van der Waals surface area contributed by atoms with Gasteiger partial charge in [-0.05, 0) is 18.3 Å². The van der Waals surface area contributed by atoms with Gasteiger partial charge in [-0.3, -0.25) is 4.79 Å². The molecule has 0 aromatic heterocycles. The van der Waals surface area contributed by atoms with Crippen LogP contribution >= 0.6 is 0 Å². The van der Waals surface area contributed by atoms with Crippen molar-refractivity contribution in [1.29, 1.82) is 0 Å². The minimum atomic E-state index is -0.0473. The minimum absolute atomic E-state index is 0.0473. The molecule has 0 bridgehead atoms. The second-order valence-electron chi connectivity index (χ2n) is 5.33. The summed E-state index contributed by atoms with van der Waals surface area (Å²) < 4.78 is 0. The van der Waals surface area contributed by atoms with Gasteiger partial charge in [0.25, 0.3) is 0 Å². The third kappa shape index (κ3) is 3.53. The first-order chi connectivity index (χ1) is 7.48. The van der Waals surface area contributed by atoms with Crippen molar-refractivity contribution >= 4 is 5.91 Å². The Morgan fingerprint density at radius 3 is 2.81 bits per heavy atom. The van der Waals surface area contributed by atoms with Crippen LogP contribution in [0.15, 0.2) is 0 Å². The van der Waals surface area contributed by atoms with Crippen LogP contribution in [0.2, 0.25) is 0 Å². The van der Waals surface area contributed by atoms with Crippen molar-refractivity contribution in [3.8, 4) is 12.3 Å². The number of aliphatic hydroxyl groups excluding tert-OH is 1. The monoisotopic (exact) mass is 223 g/mol. The molecule has 1 saturated heterocycles. The van der Waals surface area contributed by atoms with Gasteiger partial charge in [0.2, 0.25) is 5.91 Å². The fourth-order valence-corrected chi connectivity index (χ4v) is 1.93. The molecule has 0 spiro atoms. The Bertz CT molecular complexity index is 291. The van der Waals surface area contributed by atoms with Gasteiger partial charge in [-0.2, -0.15) is 0 Å². The summed E-state index contributed by atoms with van der Waals surface area (Å²) in [6.45, 7) is 5.72. The maximum atomic E-state index is 11.5. The van der Waals surface area contributed by atoms with E-state index in [1.807, 2.05) is 18.7 Å². The number of likely N-dealkylation sites (tertiary alicyclic amines) is 1. The Labute approximate surface area is 97.8 Å². The van der Waals surface area contributed by atoms with E-state index in [2.05, 4.69) is 5.92 Å². The van der Waals surface area contributed by atoms with Gasteiger partial charge in [0, 0.05) is 32.0 Å². The van der Waals surface area contributed by atoms with Crippen molar-refractivity contribution in [2.75, 3.05) is 19.7 Å². The summed E-state index contributed by atoms with van der Waals surface area (Å²) in [6.07, 6.45) is 7.67. The van der Waals surface area contributed by atoms with E-state index in [0.717, 1.165) is 19.4 Å². The third-order valence-corrected chi connectivity index (χ3v) is 3.16. The predicted molar refractivity (Wildman–Crippen MR) is 63.6 cm³/mol.